The standard InChI is InChI=1S/C23H23N3O2/c1-4-17-7-5-6-15(2)22(17)26-21-14-19(12-13-24-21)23(28)25-20-10-8-18(9-11-20)16(3)27/h5-14H,4H2,1-3H3,(H,24,26)(H,25,28). The predicted molar refractivity (Wildman–Crippen MR) is 112 cm³/mol. The highest BCUT2D eigenvalue weighted by atomic mass is 16.1. The lowest BCUT2D eigenvalue weighted by molar-refractivity contribution is 0.101. The quantitative estimate of drug-likeness (QED) is 0.586. The number of amides is 1. The van der Waals surface area contributed by atoms with E-state index in [4.69, 9.17) is 0 Å². The summed E-state index contributed by atoms with van der Waals surface area (Å²) in [7, 11) is 0. The van der Waals surface area contributed by atoms with Gasteiger partial charge < -0.3 is 10.6 Å². The molecule has 0 aliphatic carbocycles. The number of benzene rings is 2. The summed E-state index contributed by atoms with van der Waals surface area (Å²) in [6.07, 6.45) is 2.51. The molecule has 0 saturated carbocycles. The molecule has 5 heteroatoms. The van der Waals surface area contributed by atoms with Gasteiger partial charge in [0.05, 0.1) is 0 Å². The predicted octanol–water partition coefficient (Wildman–Crippen LogP) is 5.15. The Labute approximate surface area is 164 Å². The Bertz CT molecular complexity index is 1010. The lowest BCUT2D eigenvalue weighted by atomic mass is 10.1. The number of Topliss-reactive ketones (excluding diaryl/α,β-unsaturated/α-hetero) is 1. The molecule has 1 amide bonds. The van der Waals surface area contributed by atoms with Crippen molar-refractivity contribution in [1.29, 1.82) is 0 Å². The molecule has 2 aromatic carbocycles. The molecule has 142 valence electrons. The van der Waals surface area contributed by atoms with Crippen LogP contribution < -0.4 is 10.6 Å². The van der Waals surface area contributed by atoms with Crippen molar-refractivity contribution in [1.82, 2.24) is 4.98 Å². The Morgan fingerprint density at radius 3 is 2.43 bits per heavy atom. The molecule has 2 N–H and O–H groups in total. The van der Waals surface area contributed by atoms with Crippen molar-refractivity contribution in [2.24, 2.45) is 0 Å². The van der Waals surface area contributed by atoms with Crippen molar-refractivity contribution < 1.29 is 9.59 Å². The minimum absolute atomic E-state index is 0.00891. The Balaban J connectivity index is 1.77. The van der Waals surface area contributed by atoms with Gasteiger partial charge in [-0.3, -0.25) is 9.59 Å². The zero-order valence-corrected chi connectivity index (χ0v) is 16.2. The second-order valence-electron chi connectivity index (χ2n) is 6.61. The fourth-order valence-electron chi connectivity index (χ4n) is 2.96. The van der Waals surface area contributed by atoms with Gasteiger partial charge in [0, 0.05) is 28.7 Å². The number of hydrogen-bond donors (Lipinski definition) is 2. The average Bonchev–Trinajstić information content (AvgIpc) is 2.70. The van der Waals surface area contributed by atoms with Crippen molar-refractivity contribution in [3.8, 4) is 0 Å². The molecule has 0 spiro atoms. The van der Waals surface area contributed by atoms with Crippen molar-refractivity contribution in [2.75, 3.05) is 10.6 Å². The van der Waals surface area contributed by atoms with E-state index in [9.17, 15) is 9.59 Å². The molecule has 0 radical (unpaired) electrons. The second-order valence-corrected chi connectivity index (χ2v) is 6.61. The molecule has 3 aromatic rings. The van der Waals surface area contributed by atoms with E-state index in [1.807, 2.05) is 19.1 Å². The third-order valence-corrected chi connectivity index (χ3v) is 4.56. The molecule has 0 aliphatic rings. The number of para-hydroxylation sites is 1. The van der Waals surface area contributed by atoms with E-state index >= 15 is 0 Å². The Hall–Kier alpha value is -3.47. The van der Waals surface area contributed by atoms with Gasteiger partial charge in [-0.15, -0.1) is 0 Å². The molecule has 0 saturated heterocycles. The van der Waals surface area contributed by atoms with Crippen LogP contribution in [0, 0.1) is 6.92 Å². The van der Waals surface area contributed by atoms with Crippen LogP contribution in [0.5, 0.6) is 0 Å². The van der Waals surface area contributed by atoms with E-state index < -0.39 is 0 Å². The number of pyridine rings is 1. The van der Waals surface area contributed by atoms with Gasteiger partial charge in [0.1, 0.15) is 5.82 Å². The SMILES string of the molecule is CCc1cccc(C)c1Nc1cc(C(=O)Nc2ccc(C(C)=O)cc2)ccn1. The van der Waals surface area contributed by atoms with Gasteiger partial charge in [0.25, 0.3) is 5.91 Å². The van der Waals surface area contributed by atoms with Gasteiger partial charge in [-0.1, -0.05) is 25.1 Å². The van der Waals surface area contributed by atoms with E-state index in [2.05, 4.69) is 28.6 Å². The van der Waals surface area contributed by atoms with Gasteiger partial charge in [0.2, 0.25) is 0 Å². The molecule has 0 atom stereocenters. The highest BCUT2D eigenvalue weighted by Crippen LogP contribution is 2.25. The molecular weight excluding hydrogens is 350 g/mol. The number of ketones is 1. The van der Waals surface area contributed by atoms with Crippen molar-refractivity contribution >= 4 is 28.9 Å². The zero-order valence-electron chi connectivity index (χ0n) is 16.2. The first-order chi connectivity index (χ1) is 13.5. The van der Waals surface area contributed by atoms with Gasteiger partial charge in [-0.05, 0) is 67.8 Å². The van der Waals surface area contributed by atoms with E-state index in [0.29, 0.717) is 22.6 Å². The number of aryl methyl sites for hydroxylation is 2. The molecule has 0 bridgehead atoms. The molecular formula is C23H23N3O2. The van der Waals surface area contributed by atoms with E-state index in [1.54, 1.807) is 42.6 Å². The molecule has 3 rings (SSSR count). The number of nitrogens with one attached hydrogen (secondary N) is 2. The third kappa shape index (κ3) is 4.43. The summed E-state index contributed by atoms with van der Waals surface area (Å²) in [5.74, 6) is 0.371. The largest absolute Gasteiger partial charge is 0.340 e. The Morgan fingerprint density at radius 1 is 1.00 bits per heavy atom. The van der Waals surface area contributed by atoms with Crippen LogP contribution in [-0.4, -0.2) is 16.7 Å². The van der Waals surface area contributed by atoms with Crippen LogP contribution in [-0.2, 0) is 6.42 Å². The summed E-state index contributed by atoms with van der Waals surface area (Å²) in [6, 6.07) is 16.4. The maximum Gasteiger partial charge on any atom is 0.255 e. The van der Waals surface area contributed by atoms with Gasteiger partial charge in [0.15, 0.2) is 5.78 Å². The molecule has 28 heavy (non-hydrogen) atoms. The zero-order chi connectivity index (χ0) is 20.1. The Kier molecular flexibility index (Phi) is 5.84. The monoisotopic (exact) mass is 373 g/mol. The van der Waals surface area contributed by atoms with Gasteiger partial charge in [-0.25, -0.2) is 4.98 Å². The Morgan fingerprint density at radius 2 is 1.75 bits per heavy atom. The highest BCUT2D eigenvalue weighted by Gasteiger charge is 2.10. The van der Waals surface area contributed by atoms with Crippen LogP contribution in [0.1, 0.15) is 45.7 Å². The summed E-state index contributed by atoms with van der Waals surface area (Å²) in [5.41, 5.74) is 5.09. The van der Waals surface area contributed by atoms with E-state index in [-0.39, 0.29) is 11.7 Å². The first-order valence-corrected chi connectivity index (χ1v) is 9.22. The maximum atomic E-state index is 12.6. The van der Waals surface area contributed by atoms with Crippen LogP contribution in [0.25, 0.3) is 0 Å². The van der Waals surface area contributed by atoms with Gasteiger partial charge >= 0.3 is 0 Å². The second kappa shape index (κ2) is 8.48. The lowest BCUT2D eigenvalue weighted by Gasteiger charge is -2.14. The van der Waals surface area contributed by atoms with Crippen molar-refractivity contribution in [3.05, 3.63) is 83.0 Å². The molecule has 5 nitrogen and oxygen atoms in total. The number of nitrogens with zero attached hydrogens (tertiary/aromatic N) is 1. The first kappa shape index (κ1) is 19.3. The number of hydrogen-bond acceptors (Lipinski definition) is 4. The number of rotatable bonds is 6. The van der Waals surface area contributed by atoms with Crippen molar-refractivity contribution in [2.45, 2.75) is 27.2 Å². The van der Waals surface area contributed by atoms with Crippen LogP contribution >= 0.6 is 0 Å². The number of carbonyl (C=O) groups excluding carboxylic acids is 2. The normalized spacial score (nSPS) is 10.4. The topological polar surface area (TPSA) is 71.1 Å². The molecule has 1 heterocycles. The number of anilines is 3. The smallest absolute Gasteiger partial charge is 0.255 e. The summed E-state index contributed by atoms with van der Waals surface area (Å²) < 4.78 is 0. The molecule has 0 unspecified atom stereocenters. The van der Waals surface area contributed by atoms with Crippen LogP contribution in [0.2, 0.25) is 0 Å². The minimum Gasteiger partial charge on any atom is -0.340 e. The van der Waals surface area contributed by atoms with Gasteiger partial charge in [-0.2, -0.15) is 0 Å². The summed E-state index contributed by atoms with van der Waals surface area (Å²) >= 11 is 0. The first-order valence-electron chi connectivity index (χ1n) is 9.22. The highest BCUT2D eigenvalue weighted by molar-refractivity contribution is 6.05. The van der Waals surface area contributed by atoms with Crippen LogP contribution in [0.4, 0.5) is 17.2 Å². The maximum absolute atomic E-state index is 12.6. The van der Waals surface area contributed by atoms with Crippen LogP contribution in [0.3, 0.4) is 0 Å². The number of aromatic nitrogens is 1. The summed E-state index contributed by atoms with van der Waals surface area (Å²) in [5, 5.41) is 6.19. The lowest BCUT2D eigenvalue weighted by Crippen LogP contribution is -2.12. The molecule has 0 fully saturated rings. The fraction of sp³-hybridized carbons (Fsp3) is 0.174. The average molecular weight is 373 g/mol. The third-order valence-electron chi connectivity index (χ3n) is 4.56. The van der Waals surface area contributed by atoms with E-state index in [1.165, 1.54) is 12.5 Å². The molecule has 0 aliphatic heterocycles. The number of carbonyl (C=O) groups is 2. The molecule has 1 aromatic heterocycles. The fourth-order valence-corrected chi connectivity index (χ4v) is 2.96. The minimum atomic E-state index is -0.235. The van der Waals surface area contributed by atoms with E-state index in [0.717, 1.165) is 17.7 Å². The van der Waals surface area contributed by atoms with Crippen LogP contribution in [0.15, 0.2) is 60.8 Å². The van der Waals surface area contributed by atoms with Crippen molar-refractivity contribution in [3.63, 3.8) is 0 Å². The summed E-state index contributed by atoms with van der Waals surface area (Å²) in [6.45, 7) is 5.66. The summed E-state index contributed by atoms with van der Waals surface area (Å²) in [4.78, 5) is 28.3.